The summed E-state index contributed by atoms with van der Waals surface area (Å²) in [6, 6.07) is 1.53. The number of aromatic nitrogens is 6. The lowest BCUT2D eigenvalue weighted by Gasteiger charge is -2.06. The summed E-state index contributed by atoms with van der Waals surface area (Å²) in [4.78, 5) is 28.2. The molecule has 8 nitrogen and oxygen atoms in total. The zero-order valence-electron chi connectivity index (χ0n) is 11.6. The molecule has 0 saturated carbocycles. The molecular formula is C13H15N7O. The van der Waals surface area contributed by atoms with Crippen LogP contribution in [0.1, 0.15) is 12.1 Å². The van der Waals surface area contributed by atoms with E-state index < -0.39 is 0 Å². The molecule has 8 heteroatoms. The predicted octanol–water partition coefficient (Wildman–Crippen LogP) is 0.364. The normalized spacial score (nSPS) is 11.1. The molecule has 3 aromatic rings. The van der Waals surface area contributed by atoms with Crippen LogP contribution < -0.4 is 11.3 Å². The molecule has 108 valence electrons. The maximum atomic E-state index is 11.8. The number of nitrogens with zero attached hydrogens (tertiary/aromatic N) is 6. The Morgan fingerprint density at radius 3 is 2.67 bits per heavy atom. The van der Waals surface area contributed by atoms with Crippen LogP contribution >= 0.6 is 0 Å². The first-order chi connectivity index (χ1) is 10.1. The molecule has 3 heterocycles. The van der Waals surface area contributed by atoms with E-state index in [0.29, 0.717) is 30.1 Å². The van der Waals surface area contributed by atoms with Crippen LogP contribution in [0.2, 0.25) is 0 Å². The minimum atomic E-state index is -0.0374. The Bertz CT molecular complexity index is 836. The second kappa shape index (κ2) is 5.31. The van der Waals surface area contributed by atoms with E-state index in [0.717, 1.165) is 12.1 Å². The van der Waals surface area contributed by atoms with Gasteiger partial charge in [0.25, 0.3) is 5.56 Å². The van der Waals surface area contributed by atoms with E-state index >= 15 is 0 Å². The number of aryl methyl sites for hydroxylation is 3. The van der Waals surface area contributed by atoms with Crippen molar-refractivity contribution in [1.82, 2.24) is 29.1 Å². The lowest BCUT2D eigenvalue weighted by molar-refractivity contribution is 0.551. The molecule has 0 spiro atoms. The molecule has 0 aliphatic heterocycles. The second-order valence-corrected chi connectivity index (χ2v) is 4.78. The second-order valence-electron chi connectivity index (χ2n) is 4.78. The Hall–Kier alpha value is -2.77. The van der Waals surface area contributed by atoms with Gasteiger partial charge in [-0.25, -0.2) is 19.9 Å². The molecule has 0 bridgehead atoms. The van der Waals surface area contributed by atoms with Crippen LogP contribution in [-0.4, -0.2) is 29.1 Å². The Morgan fingerprint density at radius 2 is 1.86 bits per heavy atom. The fourth-order valence-electron chi connectivity index (χ4n) is 2.16. The number of rotatable bonds is 4. The molecule has 3 rings (SSSR count). The van der Waals surface area contributed by atoms with Crippen molar-refractivity contribution < 1.29 is 0 Å². The number of nitrogen functional groups attached to an aromatic ring is 1. The van der Waals surface area contributed by atoms with Gasteiger partial charge >= 0.3 is 0 Å². The molecule has 3 aromatic heterocycles. The van der Waals surface area contributed by atoms with Crippen LogP contribution in [0.5, 0.6) is 0 Å². The molecule has 0 amide bonds. The summed E-state index contributed by atoms with van der Waals surface area (Å²) < 4.78 is 3.50. The number of hydrogen-bond donors (Lipinski definition) is 1. The highest BCUT2D eigenvalue weighted by Crippen LogP contribution is 2.14. The van der Waals surface area contributed by atoms with Crippen molar-refractivity contribution in [1.29, 1.82) is 0 Å². The van der Waals surface area contributed by atoms with Crippen molar-refractivity contribution in [2.75, 3.05) is 5.73 Å². The standard InChI is InChI=1S/C13H15N7O/c1-9-5-10(21)19(7-17-9)3-2-4-20-8-18-11-12(14)15-6-16-13(11)20/h5-8H,2-4H2,1H3,(H2,14,15,16). The summed E-state index contributed by atoms with van der Waals surface area (Å²) in [5, 5.41) is 0. The topological polar surface area (TPSA) is 105 Å². The van der Waals surface area contributed by atoms with Gasteiger partial charge < -0.3 is 10.3 Å². The Morgan fingerprint density at radius 1 is 1.10 bits per heavy atom. The lowest BCUT2D eigenvalue weighted by atomic mass is 10.4. The Kier molecular flexibility index (Phi) is 3.35. The molecule has 0 saturated heterocycles. The van der Waals surface area contributed by atoms with Gasteiger partial charge in [-0.2, -0.15) is 0 Å². The van der Waals surface area contributed by atoms with Gasteiger partial charge in [0.1, 0.15) is 11.8 Å². The van der Waals surface area contributed by atoms with Crippen LogP contribution in [-0.2, 0) is 13.1 Å². The first kappa shape index (κ1) is 13.2. The zero-order chi connectivity index (χ0) is 14.8. The summed E-state index contributed by atoms with van der Waals surface area (Å²) >= 11 is 0. The molecule has 0 atom stereocenters. The minimum Gasteiger partial charge on any atom is -0.382 e. The molecule has 0 aliphatic rings. The van der Waals surface area contributed by atoms with Crippen molar-refractivity contribution in [3.05, 3.63) is 41.1 Å². The summed E-state index contributed by atoms with van der Waals surface area (Å²) in [6.45, 7) is 3.08. The fraction of sp³-hybridized carbons (Fsp3) is 0.308. The van der Waals surface area contributed by atoms with Crippen molar-refractivity contribution in [2.45, 2.75) is 26.4 Å². The van der Waals surface area contributed by atoms with Gasteiger partial charge in [-0.1, -0.05) is 0 Å². The Balaban J connectivity index is 1.72. The number of nitrogens with two attached hydrogens (primary N) is 1. The van der Waals surface area contributed by atoms with Gasteiger partial charge in [0, 0.05) is 24.8 Å². The third-order valence-corrected chi connectivity index (χ3v) is 3.24. The van der Waals surface area contributed by atoms with Crippen molar-refractivity contribution in [3.8, 4) is 0 Å². The van der Waals surface area contributed by atoms with Gasteiger partial charge in [-0.3, -0.25) is 9.36 Å². The largest absolute Gasteiger partial charge is 0.382 e. The van der Waals surface area contributed by atoms with Crippen LogP contribution in [0.15, 0.2) is 29.8 Å². The van der Waals surface area contributed by atoms with E-state index in [1.165, 1.54) is 12.4 Å². The van der Waals surface area contributed by atoms with Gasteiger partial charge in [-0.15, -0.1) is 0 Å². The smallest absolute Gasteiger partial charge is 0.253 e. The van der Waals surface area contributed by atoms with Gasteiger partial charge in [-0.05, 0) is 13.3 Å². The summed E-state index contributed by atoms with van der Waals surface area (Å²) in [7, 11) is 0. The zero-order valence-corrected chi connectivity index (χ0v) is 11.6. The quantitative estimate of drug-likeness (QED) is 0.742. The average Bonchev–Trinajstić information content (AvgIpc) is 2.86. The van der Waals surface area contributed by atoms with Gasteiger partial charge in [0.2, 0.25) is 0 Å². The van der Waals surface area contributed by atoms with E-state index in [9.17, 15) is 4.79 Å². The third-order valence-electron chi connectivity index (χ3n) is 3.24. The molecular weight excluding hydrogens is 270 g/mol. The maximum Gasteiger partial charge on any atom is 0.253 e. The third kappa shape index (κ3) is 2.60. The minimum absolute atomic E-state index is 0.0374. The van der Waals surface area contributed by atoms with Crippen LogP contribution in [0.3, 0.4) is 0 Å². The van der Waals surface area contributed by atoms with Crippen molar-refractivity contribution in [2.24, 2.45) is 0 Å². The SMILES string of the molecule is Cc1cc(=O)n(CCCn2cnc3c(N)ncnc32)cn1. The molecule has 0 aromatic carbocycles. The number of hydrogen-bond acceptors (Lipinski definition) is 6. The van der Waals surface area contributed by atoms with Crippen molar-refractivity contribution in [3.63, 3.8) is 0 Å². The summed E-state index contributed by atoms with van der Waals surface area (Å²) in [6.07, 6.45) is 5.44. The molecule has 21 heavy (non-hydrogen) atoms. The molecule has 0 radical (unpaired) electrons. The monoisotopic (exact) mass is 285 g/mol. The first-order valence-electron chi connectivity index (χ1n) is 6.59. The highest BCUT2D eigenvalue weighted by Gasteiger charge is 2.07. The molecule has 0 unspecified atom stereocenters. The van der Waals surface area contributed by atoms with Gasteiger partial charge in [0.15, 0.2) is 11.5 Å². The number of anilines is 1. The maximum absolute atomic E-state index is 11.8. The number of imidazole rings is 1. The Labute approximate surface area is 120 Å². The summed E-state index contributed by atoms with van der Waals surface area (Å²) in [5.41, 5.74) is 7.74. The lowest BCUT2D eigenvalue weighted by Crippen LogP contribution is -2.20. The van der Waals surface area contributed by atoms with Crippen LogP contribution in [0, 0.1) is 6.92 Å². The van der Waals surface area contributed by atoms with E-state index in [1.54, 1.807) is 24.1 Å². The molecule has 0 fully saturated rings. The van der Waals surface area contributed by atoms with Gasteiger partial charge in [0.05, 0.1) is 12.7 Å². The van der Waals surface area contributed by atoms with E-state index in [4.69, 9.17) is 5.73 Å². The average molecular weight is 285 g/mol. The highest BCUT2D eigenvalue weighted by molar-refractivity contribution is 5.80. The predicted molar refractivity (Wildman–Crippen MR) is 77.6 cm³/mol. The van der Waals surface area contributed by atoms with E-state index in [2.05, 4.69) is 19.9 Å². The van der Waals surface area contributed by atoms with E-state index in [1.807, 2.05) is 4.57 Å². The first-order valence-corrected chi connectivity index (χ1v) is 6.59. The molecule has 2 N–H and O–H groups in total. The van der Waals surface area contributed by atoms with Crippen molar-refractivity contribution >= 4 is 17.0 Å². The van der Waals surface area contributed by atoms with Crippen LogP contribution in [0.4, 0.5) is 5.82 Å². The van der Waals surface area contributed by atoms with Crippen LogP contribution in [0.25, 0.3) is 11.2 Å². The van der Waals surface area contributed by atoms with E-state index in [-0.39, 0.29) is 5.56 Å². The highest BCUT2D eigenvalue weighted by atomic mass is 16.1. The number of fused-ring (bicyclic) bond motifs is 1. The molecule has 0 aliphatic carbocycles. The fourth-order valence-corrected chi connectivity index (χ4v) is 2.16. The summed E-state index contributed by atoms with van der Waals surface area (Å²) in [5.74, 6) is 0.373.